The van der Waals surface area contributed by atoms with Gasteiger partial charge >= 0.3 is 5.76 Å². The van der Waals surface area contributed by atoms with E-state index in [9.17, 15) is 9.90 Å². The first-order valence-electron chi connectivity index (χ1n) is 6.07. The van der Waals surface area contributed by atoms with Crippen LogP contribution < -0.4 is 5.76 Å². The lowest BCUT2D eigenvalue weighted by molar-refractivity contribution is 0.0854. The van der Waals surface area contributed by atoms with E-state index in [1.807, 2.05) is 0 Å². The van der Waals surface area contributed by atoms with Crippen molar-refractivity contribution < 1.29 is 14.3 Å². The Morgan fingerprint density at radius 3 is 2.78 bits per heavy atom. The van der Waals surface area contributed by atoms with E-state index in [2.05, 4.69) is 0 Å². The van der Waals surface area contributed by atoms with Gasteiger partial charge in [0.2, 0.25) is 0 Å². The van der Waals surface area contributed by atoms with Crippen LogP contribution in [0.3, 0.4) is 0 Å². The molecule has 0 amide bonds. The Morgan fingerprint density at radius 2 is 2.06 bits per heavy atom. The van der Waals surface area contributed by atoms with Crippen LogP contribution in [0, 0.1) is 0 Å². The molecule has 0 unspecified atom stereocenters. The lowest BCUT2D eigenvalue weighted by Gasteiger charge is -2.22. The average molecular weight is 249 g/mol. The van der Waals surface area contributed by atoms with E-state index in [4.69, 9.17) is 9.15 Å². The molecule has 0 saturated carbocycles. The third-order valence-electron chi connectivity index (χ3n) is 3.57. The molecule has 1 saturated heterocycles. The van der Waals surface area contributed by atoms with E-state index >= 15 is 0 Å². The highest BCUT2D eigenvalue weighted by Crippen LogP contribution is 2.34. The van der Waals surface area contributed by atoms with Gasteiger partial charge in [-0.3, -0.25) is 4.57 Å². The van der Waals surface area contributed by atoms with Crippen molar-refractivity contribution in [1.82, 2.24) is 4.57 Å². The van der Waals surface area contributed by atoms with E-state index in [1.54, 1.807) is 19.2 Å². The Balaban J connectivity index is 2.21. The lowest BCUT2D eigenvalue weighted by atomic mass is 9.91. The zero-order valence-corrected chi connectivity index (χ0v) is 10.2. The maximum absolute atomic E-state index is 11.6. The van der Waals surface area contributed by atoms with Crippen LogP contribution in [0.15, 0.2) is 21.3 Å². The van der Waals surface area contributed by atoms with E-state index in [-0.39, 0.29) is 11.7 Å². The number of fused-ring (bicyclic) bond motifs is 1. The van der Waals surface area contributed by atoms with Crippen molar-refractivity contribution in [3.63, 3.8) is 0 Å². The van der Waals surface area contributed by atoms with E-state index in [0.29, 0.717) is 24.3 Å². The van der Waals surface area contributed by atoms with Gasteiger partial charge in [0.05, 0.1) is 5.52 Å². The fourth-order valence-corrected chi connectivity index (χ4v) is 2.55. The van der Waals surface area contributed by atoms with Crippen molar-refractivity contribution >= 4 is 11.1 Å². The Hall–Kier alpha value is -1.75. The number of rotatable bonds is 1. The second-order valence-corrected chi connectivity index (χ2v) is 4.70. The Labute approximate surface area is 104 Å². The van der Waals surface area contributed by atoms with Gasteiger partial charge in [-0.25, -0.2) is 4.79 Å². The van der Waals surface area contributed by atoms with Gasteiger partial charge in [-0.15, -0.1) is 0 Å². The zero-order valence-electron chi connectivity index (χ0n) is 10.2. The van der Waals surface area contributed by atoms with Crippen LogP contribution in [0.1, 0.15) is 24.3 Å². The van der Waals surface area contributed by atoms with Crippen molar-refractivity contribution in [3.05, 3.63) is 28.2 Å². The van der Waals surface area contributed by atoms with Crippen LogP contribution in [0.5, 0.6) is 5.75 Å². The van der Waals surface area contributed by atoms with Crippen molar-refractivity contribution in [1.29, 1.82) is 0 Å². The molecular weight excluding hydrogens is 234 g/mol. The summed E-state index contributed by atoms with van der Waals surface area (Å²) >= 11 is 0. The summed E-state index contributed by atoms with van der Waals surface area (Å²) < 4.78 is 12.0. The van der Waals surface area contributed by atoms with Crippen molar-refractivity contribution in [2.75, 3.05) is 13.2 Å². The Kier molecular flexibility index (Phi) is 2.63. The molecule has 2 aromatic rings. The summed E-state index contributed by atoms with van der Waals surface area (Å²) in [5, 5.41) is 9.79. The summed E-state index contributed by atoms with van der Waals surface area (Å²) in [4.78, 5) is 11.6. The standard InChI is InChI=1S/C13H15NO4/c1-14-11-7-9(15)6-10(12(11)18-13(14)16)8-2-4-17-5-3-8/h6-8,15H,2-5H2,1H3. The summed E-state index contributed by atoms with van der Waals surface area (Å²) in [5.74, 6) is 0.0446. The van der Waals surface area contributed by atoms with E-state index < -0.39 is 5.76 Å². The first kappa shape index (κ1) is 11.3. The van der Waals surface area contributed by atoms with Crippen molar-refractivity contribution in [2.45, 2.75) is 18.8 Å². The molecule has 0 spiro atoms. The molecule has 0 aliphatic carbocycles. The van der Waals surface area contributed by atoms with Gasteiger partial charge in [0.1, 0.15) is 5.75 Å². The van der Waals surface area contributed by atoms with Crippen molar-refractivity contribution in [3.8, 4) is 5.75 Å². The molecule has 5 nitrogen and oxygen atoms in total. The van der Waals surface area contributed by atoms with Gasteiger partial charge < -0.3 is 14.3 Å². The number of aryl methyl sites for hydroxylation is 1. The minimum absolute atomic E-state index is 0.167. The summed E-state index contributed by atoms with van der Waals surface area (Å²) in [6, 6.07) is 3.25. The van der Waals surface area contributed by atoms with E-state index in [1.165, 1.54) is 4.57 Å². The number of phenolic OH excluding ortho intramolecular Hbond substituents is 1. The number of ether oxygens (including phenoxy) is 1. The Bertz CT molecular complexity index is 634. The van der Waals surface area contributed by atoms with E-state index in [0.717, 1.165) is 18.4 Å². The number of phenols is 1. The molecule has 1 aromatic heterocycles. The van der Waals surface area contributed by atoms with Gasteiger partial charge in [0.15, 0.2) is 5.58 Å². The quantitative estimate of drug-likeness (QED) is 0.836. The van der Waals surface area contributed by atoms with Gasteiger partial charge in [0, 0.05) is 31.9 Å². The summed E-state index contributed by atoms with van der Waals surface area (Å²) in [7, 11) is 1.64. The fourth-order valence-electron chi connectivity index (χ4n) is 2.55. The largest absolute Gasteiger partial charge is 0.508 e. The number of aromatic hydroxyl groups is 1. The first-order valence-corrected chi connectivity index (χ1v) is 6.07. The first-order chi connectivity index (χ1) is 8.66. The fraction of sp³-hybridized carbons (Fsp3) is 0.462. The van der Waals surface area contributed by atoms with Crippen LogP contribution in [-0.4, -0.2) is 22.9 Å². The van der Waals surface area contributed by atoms with Crippen LogP contribution in [0.4, 0.5) is 0 Å². The number of hydrogen-bond acceptors (Lipinski definition) is 4. The average Bonchev–Trinajstić information content (AvgIpc) is 2.66. The number of benzene rings is 1. The maximum Gasteiger partial charge on any atom is 0.419 e. The molecule has 5 heteroatoms. The highest BCUT2D eigenvalue weighted by molar-refractivity contribution is 5.79. The van der Waals surface area contributed by atoms with Crippen LogP contribution in [0.2, 0.25) is 0 Å². The molecule has 1 fully saturated rings. The molecule has 1 N–H and O–H groups in total. The predicted molar refractivity (Wildman–Crippen MR) is 65.9 cm³/mol. The molecular formula is C13H15NO4. The number of oxazole rings is 1. The van der Waals surface area contributed by atoms with Crippen LogP contribution in [0.25, 0.3) is 11.1 Å². The SMILES string of the molecule is Cn1c(=O)oc2c(C3CCOCC3)cc(O)cc21. The second-order valence-electron chi connectivity index (χ2n) is 4.70. The predicted octanol–water partition coefficient (Wildman–Crippen LogP) is 1.73. The van der Waals surface area contributed by atoms with Crippen LogP contribution >= 0.6 is 0 Å². The monoisotopic (exact) mass is 249 g/mol. The molecule has 1 aliphatic heterocycles. The second kappa shape index (κ2) is 4.17. The topological polar surface area (TPSA) is 64.6 Å². The molecule has 1 aromatic carbocycles. The molecule has 0 bridgehead atoms. The van der Waals surface area contributed by atoms with Gasteiger partial charge in [-0.2, -0.15) is 0 Å². The molecule has 1 aliphatic rings. The highest BCUT2D eigenvalue weighted by Gasteiger charge is 2.22. The number of nitrogens with zero attached hydrogens (tertiary/aromatic N) is 1. The third kappa shape index (κ3) is 1.71. The molecule has 0 atom stereocenters. The van der Waals surface area contributed by atoms with Gasteiger partial charge in [-0.1, -0.05) is 0 Å². The van der Waals surface area contributed by atoms with Crippen molar-refractivity contribution in [2.24, 2.45) is 7.05 Å². The normalized spacial score (nSPS) is 17.4. The summed E-state index contributed by atoms with van der Waals surface area (Å²) in [6.07, 6.45) is 1.77. The number of hydrogen-bond donors (Lipinski definition) is 1. The van der Waals surface area contributed by atoms with Gasteiger partial charge in [-0.05, 0) is 24.8 Å². The smallest absolute Gasteiger partial charge is 0.419 e. The maximum atomic E-state index is 11.6. The Morgan fingerprint density at radius 1 is 1.33 bits per heavy atom. The molecule has 18 heavy (non-hydrogen) atoms. The zero-order chi connectivity index (χ0) is 12.7. The molecule has 3 rings (SSSR count). The minimum atomic E-state index is -0.399. The minimum Gasteiger partial charge on any atom is -0.508 e. The lowest BCUT2D eigenvalue weighted by Crippen LogP contribution is -2.14. The molecule has 0 radical (unpaired) electrons. The number of aromatic nitrogens is 1. The molecule has 96 valence electrons. The highest BCUT2D eigenvalue weighted by atomic mass is 16.5. The summed E-state index contributed by atoms with van der Waals surface area (Å²) in [5.41, 5.74) is 2.14. The van der Waals surface area contributed by atoms with Gasteiger partial charge in [0.25, 0.3) is 0 Å². The van der Waals surface area contributed by atoms with Crippen LogP contribution in [-0.2, 0) is 11.8 Å². The summed E-state index contributed by atoms with van der Waals surface area (Å²) in [6.45, 7) is 1.41. The third-order valence-corrected chi connectivity index (χ3v) is 3.57. The molecule has 2 heterocycles.